The molecular weight excluding hydrogens is 385 g/mol. The number of ether oxygens (including phenoxy) is 1. The molecule has 0 saturated carbocycles. The number of benzene rings is 2. The Bertz CT molecular complexity index is 1080. The van der Waals surface area contributed by atoms with E-state index >= 15 is 0 Å². The molecule has 10 heteroatoms. The number of aliphatic hydroxyl groups is 1. The topological polar surface area (TPSA) is 111 Å². The molecule has 0 amide bonds. The number of nitrogens with zero attached hydrogens (tertiary/aromatic N) is 2. The lowest BCUT2D eigenvalue weighted by atomic mass is 10.1. The second-order valence-electron chi connectivity index (χ2n) is 5.39. The molecule has 6 nitrogen and oxygen atoms in total. The van der Waals surface area contributed by atoms with Crippen LogP contribution < -0.4 is 4.74 Å². The van der Waals surface area contributed by atoms with Crippen LogP contribution >= 0.6 is 0 Å². The van der Waals surface area contributed by atoms with E-state index in [1.807, 2.05) is 0 Å². The lowest BCUT2D eigenvalue weighted by Crippen LogP contribution is -2.26. The minimum atomic E-state index is -5.16. The molecule has 0 unspecified atom stereocenters. The largest absolute Gasteiger partial charge is 0.456 e. The van der Waals surface area contributed by atoms with E-state index in [2.05, 4.69) is 0 Å². The average Bonchev–Trinajstić information content (AvgIpc) is 2.59. The second kappa shape index (κ2) is 7.27. The third-order valence-electron chi connectivity index (χ3n) is 3.49. The van der Waals surface area contributed by atoms with Gasteiger partial charge in [0.15, 0.2) is 0 Å². The highest BCUT2D eigenvalue weighted by molar-refractivity contribution is 7.92. The van der Waals surface area contributed by atoms with Crippen LogP contribution in [-0.2, 0) is 16.4 Å². The summed E-state index contributed by atoms with van der Waals surface area (Å²) in [6.45, 7) is -0.854. The molecule has 0 aliphatic heterocycles. The molecular formula is C17H11F3N2O4S. The number of hydrogen-bond donors (Lipinski definition) is 1. The fraction of sp³-hybridized carbons (Fsp3) is 0.176. The first-order valence-electron chi connectivity index (χ1n) is 7.23. The van der Waals surface area contributed by atoms with Crippen LogP contribution in [-0.4, -0.2) is 18.8 Å². The lowest BCUT2D eigenvalue weighted by Gasteiger charge is -2.17. The number of sulfone groups is 1. The maximum Gasteiger partial charge on any atom is 0.347 e. The Morgan fingerprint density at radius 3 is 2.37 bits per heavy atom. The van der Waals surface area contributed by atoms with Gasteiger partial charge in [-0.2, -0.15) is 19.3 Å². The average molecular weight is 396 g/mol. The fourth-order valence-electron chi connectivity index (χ4n) is 2.23. The van der Waals surface area contributed by atoms with Crippen LogP contribution in [0.5, 0.6) is 11.5 Å². The van der Waals surface area contributed by atoms with E-state index in [4.69, 9.17) is 10.00 Å². The minimum absolute atomic E-state index is 0.0734. The van der Waals surface area contributed by atoms with Gasteiger partial charge in [0.2, 0.25) is 9.84 Å². The predicted octanol–water partition coefficient (Wildman–Crippen LogP) is 3.24. The number of alkyl halides is 2. The normalized spacial score (nSPS) is 11.5. The van der Waals surface area contributed by atoms with Crippen LogP contribution in [0.1, 0.15) is 23.6 Å². The Morgan fingerprint density at radius 2 is 1.85 bits per heavy atom. The summed E-state index contributed by atoms with van der Waals surface area (Å²) in [5, 5.41) is 23.5. The predicted molar refractivity (Wildman–Crippen MR) is 86.1 cm³/mol. The van der Waals surface area contributed by atoms with Crippen molar-refractivity contribution in [1.82, 2.24) is 0 Å². The Kier molecular flexibility index (Phi) is 5.45. The van der Waals surface area contributed by atoms with Crippen molar-refractivity contribution in [3.05, 3.63) is 52.8 Å². The van der Waals surface area contributed by atoms with Crippen LogP contribution in [0.25, 0.3) is 0 Å². The smallest absolute Gasteiger partial charge is 0.347 e. The number of halogens is 3. The molecule has 27 heavy (non-hydrogen) atoms. The van der Waals surface area contributed by atoms with Crippen molar-refractivity contribution in [1.29, 1.82) is 10.5 Å². The standard InChI is InChI=1S/C17H11F3N2O4S/c1-17(19,20)27(24,25)16-3-2-15(13(8-22)14(16)9-23)26-12-5-10(7-21)4-11(18)6-12/h2-6,23H,9H2,1H3. The minimum Gasteiger partial charge on any atom is -0.456 e. The summed E-state index contributed by atoms with van der Waals surface area (Å²) in [4.78, 5) is -0.918. The summed E-state index contributed by atoms with van der Waals surface area (Å²) >= 11 is 0. The zero-order chi connectivity index (χ0) is 20.4. The van der Waals surface area contributed by atoms with Gasteiger partial charge in [0.25, 0.3) is 0 Å². The van der Waals surface area contributed by atoms with Gasteiger partial charge in [0.05, 0.1) is 23.1 Å². The van der Waals surface area contributed by atoms with Gasteiger partial charge in [-0.15, -0.1) is 0 Å². The van der Waals surface area contributed by atoms with E-state index in [1.165, 1.54) is 0 Å². The molecule has 0 fully saturated rings. The third kappa shape index (κ3) is 3.87. The van der Waals surface area contributed by atoms with Gasteiger partial charge in [0, 0.05) is 18.6 Å². The summed E-state index contributed by atoms with van der Waals surface area (Å²) in [5.74, 6) is -1.27. The van der Waals surface area contributed by atoms with Crippen molar-refractivity contribution in [2.45, 2.75) is 23.7 Å². The van der Waals surface area contributed by atoms with Crippen molar-refractivity contribution < 1.29 is 31.4 Å². The van der Waals surface area contributed by atoms with E-state index in [0.29, 0.717) is 0 Å². The summed E-state index contributed by atoms with van der Waals surface area (Å²) in [7, 11) is -5.16. The highest BCUT2D eigenvalue weighted by Crippen LogP contribution is 2.36. The van der Waals surface area contributed by atoms with Crippen molar-refractivity contribution in [3.63, 3.8) is 0 Å². The first kappa shape index (κ1) is 20.2. The SMILES string of the molecule is CC(F)(F)S(=O)(=O)c1ccc(Oc2cc(F)cc(C#N)c2)c(C#N)c1CO. The lowest BCUT2D eigenvalue weighted by molar-refractivity contribution is 0.114. The molecule has 0 atom stereocenters. The fourth-order valence-corrected chi connectivity index (χ4v) is 3.35. The Hall–Kier alpha value is -3.08. The van der Waals surface area contributed by atoms with Crippen molar-refractivity contribution in [2.75, 3.05) is 0 Å². The van der Waals surface area contributed by atoms with E-state index in [-0.39, 0.29) is 24.0 Å². The monoisotopic (exact) mass is 396 g/mol. The maximum atomic E-state index is 13.5. The molecule has 2 rings (SSSR count). The van der Waals surface area contributed by atoms with Crippen molar-refractivity contribution in [3.8, 4) is 23.6 Å². The Morgan fingerprint density at radius 1 is 1.19 bits per heavy atom. The van der Waals surface area contributed by atoms with Gasteiger partial charge < -0.3 is 9.84 Å². The number of aliphatic hydroxyl groups excluding tert-OH is 1. The van der Waals surface area contributed by atoms with Gasteiger partial charge in [-0.1, -0.05) is 0 Å². The maximum absolute atomic E-state index is 13.5. The molecule has 0 spiro atoms. The van der Waals surface area contributed by atoms with Crippen LogP contribution in [0.3, 0.4) is 0 Å². The molecule has 0 bridgehead atoms. The van der Waals surface area contributed by atoms with E-state index in [0.717, 1.165) is 30.3 Å². The van der Waals surface area contributed by atoms with E-state index in [1.54, 1.807) is 12.1 Å². The molecule has 2 aromatic carbocycles. The van der Waals surface area contributed by atoms with Gasteiger partial charge in [-0.3, -0.25) is 0 Å². The molecule has 0 aliphatic rings. The zero-order valence-corrected chi connectivity index (χ0v) is 14.5. The Labute approximate surface area is 152 Å². The summed E-state index contributed by atoms with van der Waals surface area (Å²) in [6.07, 6.45) is 0. The highest BCUT2D eigenvalue weighted by atomic mass is 32.2. The quantitative estimate of drug-likeness (QED) is 0.831. The molecule has 1 N–H and O–H groups in total. The van der Waals surface area contributed by atoms with E-state index in [9.17, 15) is 32.0 Å². The third-order valence-corrected chi connectivity index (χ3v) is 5.40. The van der Waals surface area contributed by atoms with Crippen molar-refractivity contribution >= 4 is 9.84 Å². The first-order valence-corrected chi connectivity index (χ1v) is 8.71. The molecule has 0 saturated heterocycles. The molecule has 0 heterocycles. The van der Waals surface area contributed by atoms with Gasteiger partial charge >= 0.3 is 5.25 Å². The van der Waals surface area contributed by atoms with Gasteiger partial charge in [0.1, 0.15) is 28.9 Å². The second-order valence-corrected chi connectivity index (χ2v) is 7.55. The Balaban J connectivity index is 2.64. The summed E-state index contributed by atoms with van der Waals surface area (Å²) in [5.41, 5.74) is -1.16. The summed E-state index contributed by atoms with van der Waals surface area (Å²) < 4.78 is 69.7. The highest BCUT2D eigenvalue weighted by Gasteiger charge is 2.42. The van der Waals surface area contributed by atoms with Crippen LogP contribution in [0.15, 0.2) is 35.2 Å². The molecule has 2 aromatic rings. The number of hydrogen-bond acceptors (Lipinski definition) is 6. The summed E-state index contributed by atoms with van der Waals surface area (Å²) in [6, 6.07) is 8.00. The molecule has 140 valence electrons. The number of nitriles is 2. The van der Waals surface area contributed by atoms with Crippen LogP contribution in [0.2, 0.25) is 0 Å². The van der Waals surface area contributed by atoms with Crippen LogP contribution in [0.4, 0.5) is 13.2 Å². The van der Waals surface area contributed by atoms with E-state index < -0.39 is 43.5 Å². The van der Waals surface area contributed by atoms with Gasteiger partial charge in [-0.25, -0.2) is 12.8 Å². The van der Waals surface area contributed by atoms with Crippen LogP contribution in [0, 0.1) is 28.5 Å². The van der Waals surface area contributed by atoms with Gasteiger partial charge in [-0.05, 0) is 24.3 Å². The zero-order valence-electron chi connectivity index (χ0n) is 13.7. The van der Waals surface area contributed by atoms with Crippen molar-refractivity contribution in [2.24, 2.45) is 0 Å². The first-order chi connectivity index (χ1) is 12.5. The molecule has 0 aromatic heterocycles. The molecule has 0 radical (unpaired) electrons. The molecule has 0 aliphatic carbocycles. The number of rotatable bonds is 5.